The number of nitrogen functional groups attached to an aromatic ring is 1. The second-order valence-corrected chi connectivity index (χ2v) is 6.62. The Labute approximate surface area is 123 Å². The molecule has 1 aromatic heterocycles. The highest BCUT2D eigenvalue weighted by atomic mass is 79.9. The van der Waals surface area contributed by atoms with Crippen LogP contribution in [0.3, 0.4) is 0 Å². The molecular weight excluding hydrogens is 351 g/mol. The third-order valence-electron chi connectivity index (χ3n) is 2.58. The highest BCUT2D eigenvalue weighted by Gasteiger charge is 2.19. The molecule has 0 saturated carbocycles. The molecule has 0 atom stereocenters. The first kappa shape index (κ1) is 14.9. The molecule has 0 aliphatic rings. The van der Waals surface area contributed by atoms with Crippen LogP contribution in [-0.4, -0.2) is 24.9 Å². The summed E-state index contributed by atoms with van der Waals surface area (Å²) in [7, 11) is -3.79. The highest BCUT2D eigenvalue weighted by Crippen LogP contribution is 2.25. The maximum atomic E-state index is 13.2. The van der Waals surface area contributed by atoms with E-state index in [-0.39, 0.29) is 21.6 Å². The molecule has 0 bridgehead atoms. The van der Waals surface area contributed by atoms with E-state index in [1.165, 1.54) is 6.33 Å². The van der Waals surface area contributed by atoms with Crippen molar-refractivity contribution in [2.45, 2.75) is 11.3 Å². The van der Waals surface area contributed by atoms with Crippen molar-refractivity contribution in [2.24, 2.45) is 0 Å². The van der Waals surface area contributed by atoms with Crippen LogP contribution in [0.5, 0.6) is 0 Å². The fraction of sp³-hybridized carbons (Fsp3) is 0.182. The molecule has 1 heterocycles. The van der Waals surface area contributed by atoms with E-state index in [2.05, 4.69) is 30.6 Å². The number of hydrogen-bond donors (Lipinski definition) is 3. The molecule has 2 rings (SSSR count). The van der Waals surface area contributed by atoms with Gasteiger partial charge in [0, 0.05) is 24.9 Å². The van der Waals surface area contributed by atoms with Crippen molar-refractivity contribution in [1.29, 1.82) is 0 Å². The summed E-state index contributed by atoms with van der Waals surface area (Å²) in [6.07, 6.45) is 3.58. The van der Waals surface area contributed by atoms with E-state index in [4.69, 9.17) is 5.73 Å². The zero-order valence-electron chi connectivity index (χ0n) is 10.2. The number of aromatic amines is 1. The Morgan fingerprint density at radius 3 is 2.85 bits per heavy atom. The Hall–Kier alpha value is -1.45. The summed E-state index contributed by atoms with van der Waals surface area (Å²) >= 11 is 2.94. The number of anilines is 1. The zero-order chi connectivity index (χ0) is 14.8. The molecule has 0 amide bonds. The third-order valence-corrected chi connectivity index (χ3v) is 4.71. The topological polar surface area (TPSA) is 101 Å². The zero-order valence-corrected chi connectivity index (χ0v) is 12.6. The largest absolute Gasteiger partial charge is 0.398 e. The van der Waals surface area contributed by atoms with E-state index in [0.29, 0.717) is 6.42 Å². The molecule has 2 aromatic rings. The van der Waals surface area contributed by atoms with Gasteiger partial charge in [-0.2, -0.15) is 0 Å². The lowest BCUT2D eigenvalue weighted by molar-refractivity contribution is 0.580. The normalized spacial score (nSPS) is 11.7. The predicted molar refractivity (Wildman–Crippen MR) is 76.0 cm³/mol. The van der Waals surface area contributed by atoms with Gasteiger partial charge < -0.3 is 10.7 Å². The van der Waals surface area contributed by atoms with Crippen LogP contribution in [0.15, 0.2) is 34.0 Å². The first-order chi connectivity index (χ1) is 9.40. The van der Waals surface area contributed by atoms with E-state index in [9.17, 15) is 12.8 Å². The molecule has 20 heavy (non-hydrogen) atoms. The number of hydrogen-bond acceptors (Lipinski definition) is 4. The van der Waals surface area contributed by atoms with Crippen molar-refractivity contribution in [3.63, 3.8) is 0 Å². The van der Waals surface area contributed by atoms with Crippen LogP contribution in [0, 0.1) is 5.82 Å². The number of H-pyrrole nitrogens is 1. The molecule has 0 radical (unpaired) electrons. The molecule has 0 fully saturated rings. The summed E-state index contributed by atoms with van der Waals surface area (Å²) in [5.74, 6) is -0.612. The summed E-state index contributed by atoms with van der Waals surface area (Å²) in [5.41, 5.74) is 6.21. The van der Waals surface area contributed by atoms with Gasteiger partial charge in [0.05, 0.1) is 16.5 Å². The number of sulfonamides is 1. The lowest BCUT2D eigenvalue weighted by atomic mass is 10.3. The molecule has 0 spiro atoms. The van der Waals surface area contributed by atoms with E-state index in [0.717, 1.165) is 17.8 Å². The van der Waals surface area contributed by atoms with Crippen molar-refractivity contribution in [3.05, 3.63) is 40.6 Å². The molecule has 0 aliphatic carbocycles. The minimum absolute atomic E-state index is 0.0423. The molecule has 0 saturated heterocycles. The summed E-state index contributed by atoms with van der Waals surface area (Å²) in [6.45, 7) is 0.180. The van der Waals surface area contributed by atoms with Crippen molar-refractivity contribution < 1.29 is 12.8 Å². The smallest absolute Gasteiger partial charge is 0.242 e. The van der Waals surface area contributed by atoms with Gasteiger partial charge in [-0.15, -0.1) is 0 Å². The van der Waals surface area contributed by atoms with E-state index >= 15 is 0 Å². The number of nitrogens with two attached hydrogens (primary N) is 1. The highest BCUT2D eigenvalue weighted by molar-refractivity contribution is 9.10. The molecular formula is C11H12BrFN4O2S. The van der Waals surface area contributed by atoms with Gasteiger partial charge >= 0.3 is 0 Å². The van der Waals surface area contributed by atoms with Gasteiger partial charge in [-0.05, 0) is 28.1 Å². The minimum atomic E-state index is -3.79. The van der Waals surface area contributed by atoms with Crippen molar-refractivity contribution >= 4 is 31.6 Å². The van der Waals surface area contributed by atoms with Crippen LogP contribution in [0.1, 0.15) is 5.69 Å². The van der Waals surface area contributed by atoms with Gasteiger partial charge in [-0.1, -0.05) is 0 Å². The fourth-order valence-electron chi connectivity index (χ4n) is 1.60. The summed E-state index contributed by atoms with van der Waals surface area (Å²) in [6, 6.07) is 2.11. The maximum absolute atomic E-state index is 13.2. The number of nitrogens with zero attached hydrogens (tertiary/aromatic N) is 1. The standard InChI is InChI=1S/C11H12BrFN4O2S/c12-8-3-11(10(14)4-9(8)13)20(18,19)17-2-1-7-5-15-6-16-7/h3-6,17H,1-2,14H2,(H,15,16). The Morgan fingerprint density at radius 1 is 1.45 bits per heavy atom. The van der Waals surface area contributed by atoms with Crippen LogP contribution in [0.2, 0.25) is 0 Å². The second-order valence-electron chi connectivity index (χ2n) is 4.03. The van der Waals surface area contributed by atoms with Crippen molar-refractivity contribution in [2.75, 3.05) is 12.3 Å². The molecule has 4 N–H and O–H groups in total. The molecule has 0 unspecified atom stereocenters. The SMILES string of the molecule is Nc1cc(F)c(Br)cc1S(=O)(=O)NCCc1cnc[nH]1. The number of rotatable bonds is 5. The maximum Gasteiger partial charge on any atom is 0.242 e. The Kier molecular flexibility index (Phi) is 4.41. The van der Waals surface area contributed by atoms with Gasteiger partial charge in [0.1, 0.15) is 10.7 Å². The number of benzene rings is 1. The predicted octanol–water partition coefficient (Wildman–Crippen LogP) is 1.41. The quantitative estimate of drug-likeness (QED) is 0.700. The Balaban J connectivity index is 2.12. The van der Waals surface area contributed by atoms with Crippen LogP contribution in [0.25, 0.3) is 0 Å². The fourth-order valence-corrected chi connectivity index (χ4v) is 3.26. The van der Waals surface area contributed by atoms with Crippen LogP contribution in [0.4, 0.5) is 10.1 Å². The van der Waals surface area contributed by atoms with Crippen LogP contribution < -0.4 is 10.5 Å². The number of imidazole rings is 1. The Bertz CT molecular complexity index is 703. The van der Waals surface area contributed by atoms with E-state index < -0.39 is 15.8 Å². The van der Waals surface area contributed by atoms with Gasteiger partial charge in [0.2, 0.25) is 10.0 Å². The second kappa shape index (κ2) is 5.90. The molecule has 6 nitrogen and oxygen atoms in total. The lowest BCUT2D eigenvalue weighted by Gasteiger charge is -2.09. The van der Waals surface area contributed by atoms with E-state index in [1.54, 1.807) is 6.20 Å². The number of halogens is 2. The molecule has 0 aliphatic heterocycles. The summed E-state index contributed by atoms with van der Waals surface area (Å²) in [5, 5.41) is 0. The lowest BCUT2D eigenvalue weighted by Crippen LogP contribution is -2.27. The Morgan fingerprint density at radius 2 is 2.20 bits per heavy atom. The van der Waals surface area contributed by atoms with Gasteiger partial charge in [-0.3, -0.25) is 0 Å². The monoisotopic (exact) mass is 362 g/mol. The van der Waals surface area contributed by atoms with E-state index in [1.807, 2.05) is 0 Å². The number of aromatic nitrogens is 2. The minimum Gasteiger partial charge on any atom is -0.398 e. The molecule has 108 valence electrons. The van der Waals surface area contributed by atoms with Gasteiger partial charge in [0.15, 0.2) is 0 Å². The van der Waals surface area contributed by atoms with Gasteiger partial charge in [0.25, 0.3) is 0 Å². The summed E-state index contributed by atoms with van der Waals surface area (Å²) in [4.78, 5) is 6.54. The molecule has 9 heteroatoms. The first-order valence-corrected chi connectivity index (χ1v) is 7.89. The number of nitrogens with one attached hydrogen (secondary N) is 2. The van der Waals surface area contributed by atoms with Crippen LogP contribution >= 0.6 is 15.9 Å². The average Bonchev–Trinajstić information content (AvgIpc) is 2.86. The van der Waals surface area contributed by atoms with Crippen molar-refractivity contribution in [1.82, 2.24) is 14.7 Å². The third kappa shape index (κ3) is 3.35. The van der Waals surface area contributed by atoms with Crippen molar-refractivity contribution in [3.8, 4) is 0 Å². The molecule has 1 aromatic carbocycles. The average molecular weight is 363 g/mol. The first-order valence-electron chi connectivity index (χ1n) is 5.61. The summed E-state index contributed by atoms with van der Waals surface area (Å²) < 4.78 is 39.8. The van der Waals surface area contributed by atoms with Crippen LogP contribution in [-0.2, 0) is 16.4 Å². The van der Waals surface area contributed by atoms with Gasteiger partial charge in [-0.25, -0.2) is 22.5 Å².